The quantitative estimate of drug-likeness (QED) is 0.360. The van der Waals surface area contributed by atoms with Crippen LogP contribution in [-0.4, -0.2) is 93.4 Å². The van der Waals surface area contributed by atoms with Crippen molar-refractivity contribution in [2.24, 2.45) is 17.8 Å². The predicted molar refractivity (Wildman–Crippen MR) is 152 cm³/mol. The van der Waals surface area contributed by atoms with E-state index < -0.39 is 0 Å². The molecule has 0 spiro atoms. The van der Waals surface area contributed by atoms with Crippen LogP contribution >= 0.6 is 0 Å². The molecule has 8 nitrogen and oxygen atoms in total. The SMILES string of the molecule is CCc1ccc(C(=O)N(C[C@@H]2CNC[C@H]2CN(C(=O)C2CCOCC2)C2CC2)C(C)C)cc1OCCCOC. The summed E-state index contributed by atoms with van der Waals surface area (Å²) >= 11 is 0. The fourth-order valence-corrected chi connectivity index (χ4v) is 5.90. The highest BCUT2D eigenvalue weighted by Gasteiger charge is 2.40. The van der Waals surface area contributed by atoms with Crippen molar-refractivity contribution in [3.63, 3.8) is 0 Å². The first-order chi connectivity index (χ1) is 18.9. The first-order valence-electron chi connectivity index (χ1n) is 15.1. The molecule has 2 saturated heterocycles. The second-order valence-corrected chi connectivity index (χ2v) is 11.7. The molecular weight excluding hydrogens is 494 g/mol. The predicted octanol–water partition coefficient (Wildman–Crippen LogP) is 3.77. The average Bonchev–Trinajstić information content (AvgIpc) is 3.70. The van der Waals surface area contributed by atoms with Gasteiger partial charge in [-0.25, -0.2) is 0 Å². The molecule has 3 aliphatic rings. The van der Waals surface area contributed by atoms with Gasteiger partial charge in [-0.15, -0.1) is 0 Å². The minimum absolute atomic E-state index is 0.0392. The zero-order chi connectivity index (χ0) is 27.8. The zero-order valence-electron chi connectivity index (χ0n) is 24.5. The van der Waals surface area contributed by atoms with Crippen molar-refractivity contribution in [1.82, 2.24) is 15.1 Å². The fourth-order valence-electron chi connectivity index (χ4n) is 5.90. The number of rotatable bonds is 14. The molecule has 3 fully saturated rings. The minimum Gasteiger partial charge on any atom is -0.493 e. The number of carbonyl (C=O) groups excluding carboxylic acids is 2. The van der Waals surface area contributed by atoms with Gasteiger partial charge in [0.15, 0.2) is 0 Å². The number of nitrogens with zero attached hydrogens (tertiary/aromatic N) is 2. The van der Waals surface area contributed by atoms with Gasteiger partial charge in [0.25, 0.3) is 5.91 Å². The number of carbonyl (C=O) groups is 2. The fraction of sp³-hybridized carbons (Fsp3) is 0.742. The Morgan fingerprint density at radius 1 is 1.05 bits per heavy atom. The molecule has 4 rings (SSSR count). The number of aryl methyl sites for hydroxylation is 1. The molecule has 39 heavy (non-hydrogen) atoms. The maximum Gasteiger partial charge on any atom is 0.254 e. The Labute approximate surface area is 234 Å². The van der Waals surface area contributed by atoms with Gasteiger partial charge < -0.3 is 29.3 Å². The van der Waals surface area contributed by atoms with E-state index >= 15 is 0 Å². The van der Waals surface area contributed by atoms with E-state index in [2.05, 4.69) is 31.0 Å². The summed E-state index contributed by atoms with van der Waals surface area (Å²) in [5.41, 5.74) is 1.77. The molecule has 2 atom stereocenters. The Hall–Kier alpha value is -2.16. The summed E-state index contributed by atoms with van der Waals surface area (Å²) in [7, 11) is 1.69. The molecule has 1 N–H and O–H groups in total. The van der Waals surface area contributed by atoms with E-state index in [9.17, 15) is 9.59 Å². The van der Waals surface area contributed by atoms with Crippen molar-refractivity contribution >= 4 is 11.8 Å². The first-order valence-corrected chi connectivity index (χ1v) is 15.1. The molecule has 1 aromatic carbocycles. The third-order valence-electron chi connectivity index (χ3n) is 8.51. The number of nitrogens with one attached hydrogen (secondary N) is 1. The Kier molecular flexibility index (Phi) is 11.1. The lowest BCUT2D eigenvalue weighted by Gasteiger charge is -2.35. The largest absolute Gasteiger partial charge is 0.493 e. The van der Waals surface area contributed by atoms with Crippen LogP contribution in [0.15, 0.2) is 18.2 Å². The van der Waals surface area contributed by atoms with Gasteiger partial charge in [-0.2, -0.15) is 0 Å². The summed E-state index contributed by atoms with van der Waals surface area (Å²) in [6, 6.07) is 6.33. The van der Waals surface area contributed by atoms with Gasteiger partial charge in [0.2, 0.25) is 5.91 Å². The Bertz CT molecular complexity index is 944. The lowest BCUT2D eigenvalue weighted by Crippen LogP contribution is -2.46. The first kappa shape index (κ1) is 29.8. The van der Waals surface area contributed by atoms with Gasteiger partial charge in [-0.3, -0.25) is 9.59 Å². The smallest absolute Gasteiger partial charge is 0.254 e. The van der Waals surface area contributed by atoms with E-state index in [0.717, 1.165) is 69.5 Å². The molecule has 2 aliphatic heterocycles. The lowest BCUT2D eigenvalue weighted by atomic mass is 9.92. The van der Waals surface area contributed by atoms with Crippen molar-refractivity contribution in [2.45, 2.75) is 71.4 Å². The van der Waals surface area contributed by atoms with Crippen LogP contribution in [0.2, 0.25) is 0 Å². The van der Waals surface area contributed by atoms with Gasteiger partial charge in [0.1, 0.15) is 5.75 Å². The maximum atomic E-state index is 13.8. The van der Waals surface area contributed by atoms with Crippen molar-refractivity contribution in [1.29, 1.82) is 0 Å². The Morgan fingerprint density at radius 2 is 1.77 bits per heavy atom. The molecule has 1 saturated carbocycles. The molecule has 1 aliphatic carbocycles. The lowest BCUT2D eigenvalue weighted by molar-refractivity contribution is -0.140. The van der Waals surface area contributed by atoms with Crippen LogP contribution in [0.4, 0.5) is 0 Å². The average molecular weight is 544 g/mol. The molecule has 0 unspecified atom stereocenters. The van der Waals surface area contributed by atoms with Gasteiger partial charge in [-0.1, -0.05) is 13.0 Å². The highest BCUT2D eigenvalue weighted by molar-refractivity contribution is 5.95. The third-order valence-corrected chi connectivity index (χ3v) is 8.51. The third kappa shape index (κ3) is 7.95. The van der Waals surface area contributed by atoms with Crippen LogP contribution in [-0.2, 0) is 20.7 Å². The number of benzene rings is 1. The summed E-state index contributed by atoms with van der Waals surface area (Å²) in [5.74, 6) is 1.88. The van der Waals surface area contributed by atoms with Crippen molar-refractivity contribution in [3.05, 3.63) is 29.3 Å². The number of hydrogen-bond acceptors (Lipinski definition) is 6. The van der Waals surface area contributed by atoms with Gasteiger partial charge in [-0.05, 0) is 75.5 Å². The molecule has 2 amide bonds. The Morgan fingerprint density at radius 3 is 2.41 bits per heavy atom. The zero-order valence-corrected chi connectivity index (χ0v) is 24.5. The normalized spacial score (nSPS) is 21.8. The Balaban J connectivity index is 1.43. The molecule has 8 heteroatoms. The van der Waals surface area contributed by atoms with E-state index in [1.54, 1.807) is 7.11 Å². The minimum atomic E-state index is 0.0392. The second-order valence-electron chi connectivity index (χ2n) is 11.7. The monoisotopic (exact) mass is 543 g/mol. The summed E-state index contributed by atoms with van der Waals surface area (Å²) in [4.78, 5) is 31.5. The topological polar surface area (TPSA) is 80.3 Å². The number of hydrogen-bond donors (Lipinski definition) is 1. The molecular formula is C31H49N3O5. The van der Waals surface area contributed by atoms with Crippen molar-refractivity contribution in [3.8, 4) is 5.75 Å². The summed E-state index contributed by atoms with van der Waals surface area (Å²) < 4.78 is 16.7. The molecule has 0 bridgehead atoms. The van der Waals surface area contributed by atoms with E-state index in [0.29, 0.717) is 62.3 Å². The van der Waals surface area contributed by atoms with E-state index in [1.165, 1.54) is 0 Å². The number of methoxy groups -OCH3 is 1. The number of amides is 2. The van der Waals surface area contributed by atoms with Crippen LogP contribution in [0.25, 0.3) is 0 Å². The number of ether oxygens (including phenoxy) is 3. The summed E-state index contributed by atoms with van der Waals surface area (Å²) in [5, 5.41) is 3.56. The highest BCUT2D eigenvalue weighted by Crippen LogP contribution is 2.33. The van der Waals surface area contributed by atoms with Crippen molar-refractivity contribution in [2.75, 3.05) is 59.7 Å². The van der Waals surface area contributed by atoms with Gasteiger partial charge in [0.05, 0.1) is 6.61 Å². The molecule has 0 radical (unpaired) electrons. The molecule has 218 valence electrons. The maximum absolute atomic E-state index is 13.8. The van der Waals surface area contributed by atoms with Crippen molar-refractivity contribution < 1.29 is 23.8 Å². The van der Waals surface area contributed by atoms with E-state index in [-0.39, 0.29) is 17.9 Å². The summed E-state index contributed by atoms with van der Waals surface area (Å²) in [6.45, 7) is 12.1. The van der Waals surface area contributed by atoms with Crippen LogP contribution < -0.4 is 10.1 Å². The summed E-state index contributed by atoms with van der Waals surface area (Å²) in [6.07, 6.45) is 5.54. The highest BCUT2D eigenvalue weighted by atomic mass is 16.5. The molecule has 0 aromatic heterocycles. The van der Waals surface area contributed by atoms with E-state index in [4.69, 9.17) is 14.2 Å². The van der Waals surface area contributed by atoms with Gasteiger partial charge in [0, 0.05) is 83.1 Å². The van der Waals surface area contributed by atoms with Crippen LogP contribution in [0, 0.1) is 17.8 Å². The van der Waals surface area contributed by atoms with Crippen LogP contribution in [0.3, 0.4) is 0 Å². The van der Waals surface area contributed by atoms with E-state index in [1.807, 2.05) is 23.1 Å². The molecule has 1 aromatic rings. The standard InChI is InChI=1S/C31H49N3O5/c1-5-23-7-8-25(17-29(23)39-14-6-13-37-4)31(36)33(22(2)3)20-26-18-32-19-27(26)21-34(28-9-10-28)30(35)24-11-15-38-16-12-24/h7-8,17,22,24,26-28,32H,5-6,9-16,18-21H2,1-4H3/t26-,27-/m0/s1. The van der Waals surface area contributed by atoms with Crippen LogP contribution in [0.1, 0.15) is 68.8 Å². The van der Waals surface area contributed by atoms with Crippen LogP contribution in [0.5, 0.6) is 5.75 Å². The van der Waals surface area contributed by atoms with Gasteiger partial charge >= 0.3 is 0 Å². The second kappa shape index (κ2) is 14.5. The molecule has 2 heterocycles.